The van der Waals surface area contributed by atoms with Crippen LogP contribution in [0.2, 0.25) is 0 Å². The van der Waals surface area contributed by atoms with Gasteiger partial charge < -0.3 is 0 Å². The van der Waals surface area contributed by atoms with Gasteiger partial charge in [0.25, 0.3) is 0 Å². The third kappa shape index (κ3) is 7.37. The van der Waals surface area contributed by atoms with E-state index < -0.39 is 0 Å². The molecular formula is C9H18NO. The zero-order chi connectivity index (χ0) is 8.53. The quantitative estimate of drug-likeness (QED) is 0.542. The molecule has 0 heterocycles. The molecule has 65 valence electrons. The van der Waals surface area contributed by atoms with Gasteiger partial charge in [0.15, 0.2) is 0 Å². The summed E-state index contributed by atoms with van der Waals surface area (Å²) in [5.74, 6) is 0.0728. The average molecular weight is 156 g/mol. The van der Waals surface area contributed by atoms with Crippen LogP contribution in [0, 0.1) is 0 Å². The number of unbranched alkanes of at least 4 members (excludes halogenated alkanes) is 2. The molecule has 0 unspecified atom stereocenters. The number of nitrogens with zero attached hydrogens (tertiary/aromatic N) is 1. The number of amides is 1. The minimum absolute atomic E-state index is 0.0728. The molecule has 0 saturated carbocycles. The molecule has 0 rings (SSSR count). The number of carbonyl (C=O) groups is 1. The molecular weight excluding hydrogens is 138 g/mol. The monoisotopic (exact) mass is 156 g/mol. The van der Waals surface area contributed by atoms with Crippen molar-refractivity contribution in [3.05, 3.63) is 0 Å². The van der Waals surface area contributed by atoms with E-state index >= 15 is 0 Å². The summed E-state index contributed by atoms with van der Waals surface area (Å²) in [5, 5.41) is 3.91. The van der Waals surface area contributed by atoms with Crippen molar-refractivity contribution in [2.45, 2.75) is 46.0 Å². The van der Waals surface area contributed by atoms with Crippen molar-refractivity contribution in [3.63, 3.8) is 0 Å². The second kappa shape index (κ2) is 7.58. The molecule has 0 atom stereocenters. The van der Waals surface area contributed by atoms with Crippen LogP contribution in [-0.4, -0.2) is 12.5 Å². The lowest BCUT2D eigenvalue weighted by Crippen LogP contribution is -2.15. The van der Waals surface area contributed by atoms with Gasteiger partial charge in [0.2, 0.25) is 5.91 Å². The predicted molar refractivity (Wildman–Crippen MR) is 46.4 cm³/mol. The number of carbonyl (C=O) groups excluding carboxylic acids is 1. The van der Waals surface area contributed by atoms with Gasteiger partial charge >= 0.3 is 0 Å². The molecule has 0 fully saturated rings. The van der Waals surface area contributed by atoms with Gasteiger partial charge in [-0.1, -0.05) is 26.7 Å². The third-order valence-corrected chi connectivity index (χ3v) is 1.51. The SMILES string of the molecule is CCCCC[N]C(=O)CCC. The fraction of sp³-hybridized carbons (Fsp3) is 0.889. The van der Waals surface area contributed by atoms with E-state index in [4.69, 9.17) is 0 Å². The lowest BCUT2D eigenvalue weighted by molar-refractivity contribution is -0.121. The first-order valence-corrected chi connectivity index (χ1v) is 4.51. The van der Waals surface area contributed by atoms with Crippen LogP contribution < -0.4 is 5.32 Å². The van der Waals surface area contributed by atoms with E-state index in [1.807, 2.05) is 6.92 Å². The molecule has 11 heavy (non-hydrogen) atoms. The Morgan fingerprint density at radius 3 is 2.45 bits per heavy atom. The molecule has 0 aromatic heterocycles. The standard InChI is InChI=1S/C9H18NO/c1-3-5-6-8-10-9(11)7-4-2/h3-8H2,1-2H3. The van der Waals surface area contributed by atoms with Crippen LogP contribution in [0.4, 0.5) is 0 Å². The Morgan fingerprint density at radius 2 is 1.91 bits per heavy atom. The molecule has 0 aliphatic heterocycles. The maximum Gasteiger partial charge on any atom is 0.241 e. The van der Waals surface area contributed by atoms with Gasteiger partial charge in [-0.25, -0.2) is 0 Å². The lowest BCUT2D eigenvalue weighted by atomic mass is 10.2. The Labute approximate surface area is 69.4 Å². The summed E-state index contributed by atoms with van der Waals surface area (Å²) in [6, 6.07) is 0. The second-order valence-corrected chi connectivity index (χ2v) is 2.73. The summed E-state index contributed by atoms with van der Waals surface area (Å²) < 4.78 is 0. The van der Waals surface area contributed by atoms with Gasteiger partial charge in [-0.05, 0) is 12.8 Å². The van der Waals surface area contributed by atoms with Crippen LogP contribution in [-0.2, 0) is 4.79 Å². The molecule has 0 spiro atoms. The highest BCUT2D eigenvalue weighted by molar-refractivity contribution is 5.75. The normalized spacial score (nSPS) is 9.64. The highest BCUT2D eigenvalue weighted by Gasteiger charge is 1.98. The fourth-order valence-electron chi connectivity index (χ4n) is 0.858. The van der Waals surface area contributed by atoms with Crippen molar-refractivity contribution in [3.8, 4) is 0 Å². The Morgan fingerprint density at radius 1 is 1.18 bits per heavy atom. The van der Waals surface area contributed by atoms with Crippen LogP contribution in [0.1, 0.15) is 46.0 Å². The highest BCUT2D eigenvalue weighted by atomic mass is 16.1. The van der Waals surface area contributed by atoms with Crippen LogP contribution in [0.25, 0.3) is 0 Å². The first-order valence-electron chi connectivity index (χ1n) is 4.51. The van der Waals surface area contributed by atoms with Crippen molar-refractivity contribution >= 4 is 5.91 Å². The molecule has 0 aliphatic carbocycles. The largest absolute Gasteiger partial charge is 0.273 e. The zero-order valence-electron chi connectivity index (χ0n) is 7.60. The van der Waals surface area contributed by atoms with Crippen molar-refractivity contribution in [2.24, 2.45) is 0 Å². The van der Waals surface area contributed by atoms with Crippen LogP contribution in [0.15, 0.2) is 0 Å². The molecule has 0 saturated heterocycles. The summed E-state index contributed by atoms with van der Waals surface area (Å²) >= 11 is 0. The molecule has 0 bridgehead atoms. The van der Waals surface area contributed by atoms with Gasteiger partial charge in [0, 0.05) is 13.0 Å². The summed E-state index contributed by atoms with van der Waals surface area (Å²) in [7, 11) is 0. The van der Waals surface area contributed by atoms with Gasteiger partial charge in [-0.15, -0.1) is 0 Å². The van der Waals surface area contributed by atoms with E-state index in [9.17, 15) is 4.79 Å². The van der Waals surface area contributed by atoms with Crippen LogP contribution >= 0.6 is 0 Å². The number of hydrogen-bond donors (Lipinski definition) is 0. The van der Waals surface area contributed by atoms with Gasteiger partial charge in [0.1, 0.15) is 0 Å². The van der Waals surface area contributed by atoms with E-state index in [-0.39, 0.29) is 5.91 Å². The highest BCUT2D eigenvalue weighted by Crippen LogP contribution is 1.93. The van der Waals surface area contributed by atoms with E-state index in [1.54, 1.807) is 0 Å². The van der Waals surface area contributed by atoms with Crippen LogP contribution in [0.3, 0.4) is 0 Å². The van der Waals surface area contributed by atoms with Crippen molar-refractivity contribution in [1.82, 2.24) is 5.32 Å². The Kier molecular flexibility index (Phi) is 7.21. The number of rotatable bonds is 6. The minimum Gasteiger partial charge on any atom is -0.273 e. The second-order valence-electron chi connectivity index (χ2n) is 2.73. The molecule has 0 aromatic carbocycles. The molecule has 1 radical (unpaired) electrons. The Hall–Kier alpha value is -0.530. The number of hydrogen-bond acceptors (Lipinski definition) is 1. The molecule has 0 aromatic rings. The summed E-state index contributed by atoms with van der Waals surface area (Å²) in [6.07, 6.45) is 4.97. The molecule has 2 nitrogen and oxygen atoms in total. The van der Waals surface area contributed by atoms with E-state index in [0.717, 1.165) is 19.4 Å². The van der Waals surface area contributed by atoms with Gasteiger partial charge in [0.05, 0.1) is 0 Å². The van der Waals surface area contributed by atoms with E-state index in [0.29, 0.717) is 6.42 Å². The first-order chi connectivity index (χ1) is 5.31. The van der Waals surface area contributed by atoms with Crippen molar-refractivity contribution in [1.29, 1.82) is 0 Å². The van der Waals surface area contributed by atoms with Crippen molar-refractivity contribution < 1.29 is 4.79 Å². The zero-order valence-corrected chi connectivity index (χ0v) is 7.60. The minimum atomic E-state index is 0.0728. The molecule has 0 aliphatic rings. The van der Waals surface area contributed by atoms with Gasteiger partial charge in [-0.2, -0.15) is 0 Å². The summed E-state index contributed by atoms with van der Waals surface area (Å²) in [6.45, 7) is 4.88. The topological polar surface area (TPSA) is 31.2 Å². The van der Waals surface area contributed by atoms with Crippen molar-refractivity contribution in [2.75, 3.05) is 6.54 Å². The Bertz CT molecular complexity index is 102. The average Bonchev–Trinajstić information content (AvgIpc) is 1.99. The Balaban J connectivity index is 3.04. The third-order valence-electron chi connectivity index (χ3n) is 1.51. The van der Waals surface area contributed by atoms with Gasteiger partial charge in [-0.3, -0.25) is 10.1 Å². The molecule has 2 heteroatoms. The maximum atomic E-state index is 10.8. The summed E-state index contributed by atoms with van der Waals surface area (Å²) in [4.78, 5) is 10.8. The lowest BCUT2D eigenvalue weighted by Gasteiger charge is -1.98. The fourth-order valence-corrected chi connectivity index (χ4v) is 0.858. The maximum absolute atomic E-state index is 10.8. The predicted octanol–water partition coefficient (Wildman–Crippen LogP) is 2.11. The van der Waals surface area contributed by atoms with E-state index in [2.05, 4.69) is 12.2 Å². The smallest absolute Gasteiger partial charge is 0.241 e. The summed E-state index contributed by atoms with van der Waals surface area (Å²) in [5.41, 5.74) is 0. The molecule has 0 N–H and O–H groups in total. The molecule has 1 amide bonds. The van der Waals surface area contributed by atoms with Crippen LogP contribution in [0.5, 0.6) is 0 Å². The first kappa shape index (κ1) is 10.5. The van der Waals surface area contributed by atoms with E-state index in [1.165, 1.54) is 12.8 Å².